The van der Waals surface area contributed by atoms with Crippen LogP contribution in [0.25, 0.3) is 0 Å². The van der Waals surface area contributed by atoms with E-state index in [9.17, 15) is 0 Å². The molecule has 3 rings (SSSR count). The minimum absolute atomic E-state index is 0.0852. The van der Waals surface area contributed by atoms with Crippen LogP contribution in [0.3, 0.4) is 0 Å². The summed E-state index contributed by atoms with van der Waals surface area (Å²) >= 11 is 0. The fourth-order valence-corrected chi connectivity index (χ4v) is 3.51. The van der Waals surface area contributed by atoms with Gasteiger partial charge in [0, 0.05) is 6.54 Å². The lowest BCUT2D eigenvalue weighted by atomic mass is 9.75. The van der Waals surface area contributed by atoms with E-state index < -0.39 is 0 Å². The van der Waals surface area contributed by atoms with Crippen molar-refractivity contribution < 1.29 is 4.74 Å². The molecule has 1 heterocycles. The standard InChI is InChI=1S/C16H21N3O/c1-3-9-19-15(17)18-11-16(19)8-4-5-12-10-13(20-2)6-7-14(12)16/h3,6-7,10H,1,4-5,8-9,11H2,2H3,(H2,17,18). The number of nitrogens with zero attached hydrogens (tertiary/aromatic N) is 2. The number of rotatable bonds is 3. The minimum atomic E-state index is -0.0852. The van der Waals surface area contributed by atoms with Crippen molar-refractivity contribution in [1.82, 2.24) is 4.90 Å². The van der Waals surface area contributed by atoms with Gasteiger partial charge in [-0.25, -0.2) is 0 Å². The second-order valence-electron chi connectivity index (χ2n) is 5.48. The number of fused-ring (bicyclic) bond motifs is 2. The summed E-state index contributed by atoms with van der Waals surface area (Å²) < 4.78 is 5.34. The Balaban J connectivity index is 2.07. The molecule has 0 amide bonds. The van der Waals surface area contributed by atoms with Crippen molar-refractivity contribution in [1.29, 1.82) is 0 Å². The van der Waals surface area contributed by atoms with Crippen LogP contribution >= 0.6 is 0 Å². The van der Waals surface area contributed by atoms with Crippen molar-refractivity contribution in [2.75, 3.05) is 20.2 Å². The van der Waals surface area contributed by atoms with Crippen LogP contribution in [0.5, 0.6) is 5.75 Å². The maximum atomic E-state index is 6.09. The molecule has 0 bridgehead atoms. The van der Waals surface area contributed by atoms with Crippen molar-refractivity contribution in [2.45, 2.75) is 24.8 Å². The number of aliphatic imine (C=N–C) groups is 1. The van der Waals surface area contributed by atoms with E-state index >= 15 is 0 Å². The molecule has 2 N–H and O–H groups in total. The van der Waals surface area contributed by atoms with Gasteiger partial charge >= 0.3 is 0 Å². The predicted octanol–water partition coefficient (Wildman–Crippen LogP) is 2.04. The molecule has 0 saturated heterocycles. The summed E-state index contributed by atoms with van der Waals surface area (Å²) in [4.78, 5) is 6.69. The first-order chi connectivity index (χ1) is 9.71. The molecule has 1 aromatic carbocycles. The van der Waals surface area contributed by atoms with E-state index in [1.165, 1.54) is 11.1 Å². The Morgan fingerprint density at radius 2 is 2.40 bits per heavy atom. The molecule has 1 aliphatic carbocycles. The first-order valence-electron chi connectivity index (χ1n) is 7.07. The number of hydrogen-bond donors (Lipinski definition) is 1. The molecule has 0 saturated carbocycles. The van der Waals surface area contributed by atoms with E-state index in [0.717, 1.165) is 38.1 Å². The van der Waals surface area contributed by atoms with E-state index in [2.05, 4.69) is 28.6 Å². The molecule has 1 unspecified atom stereocenters. The van der Waals surface area contributed by atoms with Crippen LogP contribution < -0.4 is 10.5 Å². The first-order valence-corrected chi connectivity index (χ1v) is 7.07. The van der Waals surface area contributed by atoms with Gasteiger partial charge in [0.15, 0.2) is 5.96 Å². The maximum absolute atomic E-state index is 6.09. The van der Waals surface area contributed by atoms with Gasteiger partial charge in [0.2, 0.25) is 0 Å². The summed E-state index contributed by atoms with van der Waals surface area (Å²) in [7, 11) is 1.71. The number of methoxy groups -OCH3 is 1. The molecule has 1 spiro atoms. The van der Waals surface area contributed by atoms with Crippen LogP contribution in [-0.4, -0.2) is 31.1 Å². The third-order valence-electron chi connectivity index (χ3n) is 4.46. The Morgan fingerprint density at radius 1 is 1.55 bits per heavy atom. The summed E-state index contributed by atoms with van der Waals surface area (Å²) in [5.74, 6) is 1.55. The van der Waals surface area contributed by atoms with E-state index in [4.69, 9.17) is 10.5 Å². The SMILES string of the molecule is C=CCN1C(N)=NCC12CCCc1cc(OC)ccc12. The van der Waals surface area contributed by atoms with Crippen LogP contribution in [0, 0.1) is 0 Å². The molecule has 0 radical (unpaired) electrons. The summed E-state index contributed by atoms with van der Waals surface area (Å²) in [6.07, 6.45) is 5.23. The third kappa shape index (κ3) is 1.79. The lowest BCUT2D eigenvalue weighted by Crippen LogP contribution is -2.51. The molecule has 1 aliphatic heterocycles. The summed E-state index contributed by atoms with van der Waals surface area (Å²) in [6, 6.07) is 6.36. The Bertz CT molecular complexity index is 567. The molecule has 4 heteroatoms. The van der Waals surface area contributed by atoms with E-state index in [1.54, 1.807) is 7.11 Å². The normalized spacial score (nSPS) is 24.4. The Labute approximate surface area is 119 Å². The topological polar surface area (TPSA) is 50.8 Å². The summed E-state index contributed by atoms with van der Waals surface area (Å²) in [6.45, 7) is 5.33. The van der Waals surface area contributed by atoms with Gasteiger partial charge in [-0.15, -0.1) is 6.58 Å². The van der Waals surface area contributed by atoms with Gasteiger partial charge in [-0.2, -0.15) is 0 Å². The third-order valence-corrected chi connectivity index (χ3v) is 4.46. The van der Waals surface area contributed by atoms with Gasteiger partial charge in [-0.1, -0.05) is 12.1 Å². The number of benzene rings is 1. The fraction of sp³-hybridized carbons (Fsp3) is 0.438. The maximum Gasteiger partial charge on any atom is 0.192 e. The molecule has 0 fully saturated rings. The molecule has 4 nitrogen and oxygen atoms in total. The molecular formula is C16H21N3O. The van der Waals surface area contributed by atoms with E-state index in [-0.39, 0.29) is 5.54 Å². The first kappa shape index (κ1) is 13.0. The lowest BCUT2D eigenvalue weighted by molar-refractivity contribution is 0.187. The summed E-state index contributed by atoms with van der Waals surface area (Å²) in [5.41, 5.74) is 8.70. The number of aryl methyl sites for hydroxylation is 1. The van der Waals surface area contributed by atoms with Crippen molar-refractivity contribution in [2.24, 2.45) is 10.7 Å². The summed E-state index contributed by atoms with van der Waals surface area (Å²) in [5, 5.41) is 0. The predicted molar refractivity (Wildman–Crippen MR) is 81.0 cm³/mol. The monoisotopic (exact) mass is 271 g/mol. The molecule has 0 aromatic heterocycles. The van der Waals surface area contributed by atoms with Crippen LogP contribution in [-0.2, 0) is 12.0 Å². The second-order valence-corrected chi connectivity index (χ2v) is 5.48. The van der Waals surface area contributed by atoms with Crippen molar-refractivity contribution in [3.05, 3.63) is 42.0 Å². The zero-order chi connectivity index (χ0) is 14.2. The van der Waals surface area contributed by atoms with E-state index in [0.29, 0.717) is 5.96 Å². The highest BCUT2D eigenvalue weighted by Gasteiger charge is 2.45. The van der Waals surface area contributed by atoms with Crippen molar-refractivity contribution >= 4 is 5.96 Å². The van der Waals surface area contributed by atoms with Gasteiger partial charge in [0.05, 0.1) is 19.2 Å². The van der Waals surface area contributed by atoms with Gasteiger partial charge in [-0.3, -0.25) is 4.99 Å². The van der Waals surface area contributed by atoms with Crippen LogP contribution in [0.4, 0.5) is 0 Å². The highest BCUT2D eigenvalue weighted by atomic mass is 16.5. The van der Waals surface area contributed by atoms with Crippen LogP contribution in [0.15, 0.2) is 35.8 Å². The minimum Gasteiger partial charge on any atom is -0.497 e. The molecule has 1 aromatic rings. The van der Waals surface area contributed by atoms with Crippen molar-refractivity contribution in [3.8, 4) is 5.75 Å². The Hall–Kier alpha value is -1.97. The van der Waals surface area contributed by atoms with E-state index in [1.807, 2.05) is 12.1 Å². The molecule has 106 valence electrons. The van der Waals surface area contributed by atoms with Gasteiger partial charge in [0.1, 0.15) is 5.75 Å². The Kier molecular flexibility index (Phi) is 3.16. The van der Waals surface area contributed by atoms with Crippen molar-refractivity contribution in [3.63, 3.8) is 0 Å². The molecule has 1 atom stereocenters. The molecular weight excluding hydrogens is 250 g/mol. The smallest absolute Gasteiger partial charge is 0.192 e. The highest BCUT2D eigenvalue weighted by Crippen LogP contribution is 2.43. The fourth-order valence-electron chi connectivity index (χ4n) is 3.51. The van der Waals surface area contributed by atoms with Gasteiger partial charge < -0.3 is 15.4 Å². The number of guanidine groups is 1. The largest absolute Gasteiger partial charge is 0.497 e. The molecule has 20 heavy (non-hydrogen) atoms. The Morgan fingerprint density at radius 3 is 3.15 bits per heavy atom. The molecule has 2 aliphatic rings. The quantitative estimate of drug-likeness (QED) is 0.856. The van der Waals surface area contributed by atoms with Gasteiger partial charge in [0.25, 0.3) is 0 Å². The second kappa shape index (κ2) is 4.85. The highest BCUT2D eigenvalue weighted by molar-refractivity contribution is 5.81. The van der Waals surface area contributed by atoms with Crippen LogP contribution in [0.2, 0.25) is 0 Å². The average Bonchev–Trinajstić information content (AvgIpc) is 2.78. The number of nitrogens with two attached hydrogens (primary N) is 1. The van der Waals surface area contributed by atoms with Gasteiger partial charge in [-0.05, 0) is 42.5 Å². The zero-order valence-corrected chi connectivity index (χ0v) is 11.9. The number of hydrogen-bond acceptors (Lipinski definition) is 4. The van der Waals surface area contributed by atoms with Crippen LogP contribution in [0.1, 0.15) is 24.0 Å². The zero-order valence-electron chi connectivity index (χ0n) is 11.9. The number of ether oxygens (including phenoxy) is 1. The average molecular weight is 271 g/mol. The lowest BCUT2D eigenvalue weighted by Gasteiger charge is -2.43.